The van der Waals surface area contributed by atoms with Crippen LogP contribution in [0.5, 0.6) is 0 Å². The van der Waals surface area contributed by atoms with Gasteiger partial charge in [0.15, 0.2) is 0 Å². The molecule has 0 radical (unpaired) electrons. The highest BCUT2D eigenvalue weighted by Gasteiger charge is 2.17. The Morgan fingerprint density at radius 2 is 1.86 bits per heavy atom. The average Bonchev–Trinajstić information content (AvgIpc) is 2.55. The summed E-state index contributed by atoms with van der Waals surface area (Å²) in [7, 11) is 2.24. The molecule has 1 fully saturated rings. The summed E-state index contributed by atoms with van der Waals surface area (Å²) in [4.78, 5) is 2.46. The summed E-state index contributed by atoms with van der Waals surface area (Å²) in [6.07, 6.45) is 3.87. The molecule has 1 heterocycles. The van der Waals surface area contributed by atoms with Gasteiger partial charge in [0, 0.05) is 6.54 Å². The molecule has 1 nitrogen and oxygen atoms in total. The van der Waals surface area contributed by atoms with Gasteiger partial charge in [0.2, 0.25) is 0 Å². The fourth-order valence-corrected chi connectivity index (χ4v) is 3.47. The van der Waals surface area contributed by atoms with Gasteiger partial charge in [0.1, 0.15) is 0 Å². The number of hydrogen-bond donors (Lipinski definition) is 0. The Bertz CT molecular complexity index is 629. The van der Waals surface area contributed by atoms with E-state index >= 15 is 0 Å². The molecular formula is C21H25N. The third kappa shape index (κ3) is 3.66. The van der Waals surface area contributed by atoms with Crippen LogP contribution in [0.3, 0.4) is 0 Å². The Morgan fingerprint density at radius 1 is 1.09 bits per heavy atom. The van der Waals surface area contributed by atoms with Crippen LogP contribution in [0.2, 0.25) is 0 Å². The van der Waals surface area contributed by atoms with Crippen LogP contribution in [0.25, 0.3) is 5.57 Å². The lowest BCUT2D eigenvalue weighted by molar-refractivity contribution is 0.209. The molecule has 22 heavy (non-hydrogen) atoms. The molecule has 114 valence electrons. The molecule has 0 bridgehead atoms. The smallest absolute Gasteiger partial charge is 0.000979 e. The summed E-state index contributed by atoms with van der Waals surface area (Å²) >= 11 is 0. The fourth-order valence-electron chi connectivity index (χ4n) is 3.47. The van der Waals surface area contributed by atoms with Gasteiger partial charge in [-0.2, -0.15) is 0 Å². The lowest BCUT2D eigenvalue weighted by atomic mass is 9.90. The average molecular weight is 291 g/mol. The minimum atomic E-state index is 0.791. The lowest BCUT2D eigenvalue weighted by Crippen LogP contribution is -2.32. The van der Waals surface area contributed by atoms with Crippen molar-refractivity contribution in [2.45, 2.75) is 19.3 Å². The summed E-state index contributed by atoms with van der Waals surface area (Å²) in [5.74, 6) is 0.791. The molecule has 2 aromatic rings. The van der Waals surface area contributed by atoms with E-state index in [1.807, 2.05) is 6.07 Å². The quantitative estimate of drug-likeness (QED) is 0.793. The van der Waals surface area contributed by atoms with Crippen LogP contribution in [0.4, 0.5) is 0 Å². The first-order valence-electron chi connectivity index (χ1n) is 8.24. The Balaban J connectivity index is 1.74. The van der Waals surface area contributed by atoms with Gasteiger partial charge in [-0.3, -0.25) is 0 Å². The van der Waals surface area contributed by atoms with Gasteiger partial charge in [-0.1, -0.05) is 61.2 Å². The Labute approximate surface area is 134 Å². The van der Waals surface area contributed by atoms with Crippen molar-refractivity contribution < 1.29 is 0 Å². The Kier molecular flexibility index (Phi) is 4.74. The minimum Gasteiger partial charge on any atom is -0.306 e. The molecule has 1 unspecified atom stereocenters. The first-order chi connectivity index (χ1) is 10.7. The fraction of sp³-hybridized carbons (Fsp3) is 0.333. The van der Waals surface area contributed by atoms with Crippen LogP contribution in [-0.4, -0.2) is 25.0 Å². The van der Waals surface area contributed by atoms with Gasteiger partial charge >= 0.3 is 0 Å². The standard InChI is InChI=1S/C21H25N/c1-17(20-10-4-3-5-11-20)21-12-6-8-18(15-21)14-19-9-7-13-22(2)16-19/h3-6,8,10-12,15,19H,1,7,9,13-14,16H2,2H3. The zero-order valence-corrected chi connectivity index (χ0v) is 13.5. The number of rotatable bonds is 4. The second kappa shape index (κ2) is 6.93. The first kappa shape index (κ1) is 15.1. The van der Waals surface area contributed by atoms with Crippen LogP contribution < -0.4 is 0 Å². The second-order valence-corrected chi connectivity index (χ2v) is 6.52. The minimum absolute atomic E-state index is 0.791. The van der Waals surface area contributed by atoms with Crippen LogP contribution in [0, 0.1) is 5.92 Å². The van der Waals surface area contributed by atoms with Crippen molar-refractivity contribution in [3.05, 3.63) is 77.9 Å². The third-order valence-corrected chi connectivity index (χ3v) is 4.64. The van der Waals surface area contributed by atoms with Gasteiger partial charge < -0.3 is 4.90 Å². The van der Waals surface area contributed by atoms with Gasteiger partial charge in [-0.25, -0.2) is 0 Å². The Hall–Kier alpha value is -1.86. The highest BCUT2D eigenvalue weighted by molar-refractivity contribution is 5.78. The van der Waals surface area contributed by atoms with E-state index in [0.717, 1.165) is 11.5 Å². The summed E-state index contributed by atoms with van der Waals surface area (Å²) in [5, 5.41) is 0. The zero-order chi connectivity index (χ0) is 15.4. The lowest BCUT2D eigenvalue weighted by Gasteiger charge is -2.29. The molecule has 0 amide bonds. The first-order valence-corrected chi connectivity index (χ1v) is 8.24. The number of benzene rings is 2. The molecule has 1 heteroatoms. The Morgan fingerprint density at radius 3 is 2.64 bits per heavy atom. The van der Waals surface area contributed by atoms with Crippen molar-refractivity contribution in [2.24, 2.45) is 5.92 Å². The number of hydrogen-bond acceptors (Lipinski definition) is 1. The van der Waals surface area contributed by atoms with Crippen LogP contribution in [0.1, 0.15) is 29.5 Å². The van der Waals surface area contributed by atoms with E-state index in [0.29, 0.717) is 0 Å². The predicted octanol–water partition coefficient (Wildman–Crippen LogP) is 4.63. The molecule has 0 spiro atoms. The van der Waals surface area contributed by atoms with Gasteiger partial charge in [-0.15, -0.1) is 0 Å². The molecule has 1 aliphatic heterocycles. The SMILES string of the molecule is C=C(c1ccccc1)c1cccc(CC2CCCN(C)C2)c1. The van der Waals surface area contributed by atoms with Gasteiger partial charge in [0.25, 0.3) is 0 Å². The maximum Gasteiger partial charge on any atom is 0.000979 e. The summed E-state index contributed by atoms with van der Waals surface area (Å²) in [6.45, 7) is 6.76. The number of likely N-dealkylation sites (tertiary alicyclic amines) is 1. The van der Waals surface area contributed by atoms with Crippen molar-refractivity contribution in [1.82, 2.24) is 4.90 Å². The maximum absolute atomic E-state index is 4.29. The highest BCUT2D eigenvalue weighted by atomic mass is 15.1. The van der Waals surface area contributed by atoms with Gasteiger partial charge in [-0.05, 0) is 61.0 Å². The third-order valence-electron chi connectivity index (χ3n) is 4.64. The molecule has 0 aliphatic carbocycles. The zero-order valence-electron chi connectivity index (χ0n) is 13.5. The molecule has 2 aromatic carbocycles. The van der Waals surface area contributed by atoms with Crippen molar-refractivity contribution in [3.63, 3.8) is 0 Å². The van der Waals surface area contributed by atoms with E-state index in [-0.39, 0.29) is 0 Å². The van der Waals surface area contributed by atoms with Crippen LogP contribution in [0.15, 0.2) is 61.2 Å². The van der Waals surface area contributed by atoms with Crippen LogP contribution >= 0.6 is 0 Å². The molecule has 3 rings (SSSR count). The molecule has 1 atom stereocenters. The summed E-state index contributed by atoms with van der Waals surface area (Å²) in [6, 6.07) is 19.4. The molecule has 1 aliphatic rings. The largest absolute Gasteiger partial charge is 0.306 e. The molecule has 0 saturated carbocycles. The molecule has 0 aromatic heterocycles. The van der Waals surface area contributed by atoms with Crippen molar-refractivity contribution >= 4 is 5.57 Å². The normalized spacial score (nSPS) is 19.0. The summed E-state index contributed by atoms with van der Waals surface area (Å²) in [5.41, 5.74) is 5.00. The van der Waals surface area contributed by atoms with E-state index in [4.69, 9.17) is 0 Å². The topological polar surface area (TPSA) is 3.24 Å². The predicted molar refractivity (Wildman–Crippen MR) is 94.9 cm³/mol. The molecule has 0 N–H and O–H groups in total. The maximum atomic E-state index is 4.29. The second-order valence-electron chi connectivity index (χ2n) is 6.52. The monoisotopic (exact) mass is 291 g/mol. The highest BCUT2D eigenvalue weighted by Crippen LogP contribution is 2.25. The summed E-state index contributed by atoms with van der Waals surface area (Å²) < 4.78 is 0. The van der Waals surface area contributed by atoms with Gasteiger partial charge in [0.05, 0.1) is 0 Å². The van der Waals surface area contributed by atoms with Crippen LogP contribution in [-0.2, 0) is 6.42 Å². The van der Waals surface area contributed by atoms with Crippen molar-refractivity contribution in [3.8, 4) is 0 Å². The van der Waals surface area contributed by atoms with Crippen molar-refractivity contribution in [1.29, 1.82) is 0 Å². The number of piperidine rings is 1. The van der Waals surface area contributed by atoms with Crippen molar-refractivity contribution in [2.75, 3.05) is 20.1 Å². The number of nitrogens with zero attached hydrogens (tertiary/aromatic N) is 1. The molecular weight excluding hydrogens is 266 g/mol. The molecule has 1 saturated heterocycles. The van der Waals surface area contributed by atoms with E-state index in [2.05, 4.69) is 67.1 Å². The van der Waals surface area contributed by atoms with E-state index in [1.54, 1.807) is 0 Å². The van der Waals surface area contributed by atoms with E-state index < -0.39 is 0 Å². The van der Waals surface area contributed by atoms with E-state index in [1.165, 1.54) is 49.0 Å². The van der Waals surface area contributed by atoms with E-state index in [9.17, 15) is 0 Å².